The molecule has 1 heterocycles. The second kappa shape index (κ2) is 4.63. The quantitative estimate of drug-likeness (QED) is 0.747. The standard InChI is InChI=1S/C12H26N2/c1-6-14-9-12(4,5)13-8-11(14)7-10(2)3/h10-11,13H,6-9H2,1-5H3. The van der Waals surface area contributed by atoms with Crippen molar-refractivity contribution in [1.82, 2.24) is 10.2 Å². The van der Waals surface area contributed by atoms with Crippen LogP contribution in [0.15, 0.2) is 0 Å². The zero-order valence-electron chi connectivity index (χ0n) is 10.4. The Balaban J connectivity index is 2.52. The van der Waals surface area contributed by atoms with Gasteiger partial charge in [-0.2, -0.15) is 0 Å². The molecule has 1 atom stereocenters. The molecule has 0 spiro atoms. The Morgan fingerprint density at radius 3 is 2.57 bits per heavy atom. The third-order valence-electron chi connectivity index (χ3n) is 3.08. The minimum absolute atomic E-state index is 0.295. The van der Waals surface area contributed by atoms with Crippen molar-refractivity contribution in [3.63, 3.8) is 0 Å². The maximum Gasteiger partial charge on any atom is 0.0252 e. The number of rotatable bonds is 3. The Bertz CT molecular complexity index is 175. The molecule has 0 aliphatic carbocycles. The maximum absolute atomic E-state index is 3.64. The van der Waals surface area contributed by atoms with Gasteiger partial charge in [-0.25, -0.2) is 0 Å². The fourth-order valence-corrected chi connectivity index (χ4v) is 2.36. The largest absolute Gasteiger partial charge is 0.309 e. The van der Waals surface area contributed by atoms with E-state index in [4.69, 9.17) is 0 Å². The molecule has 1 unspecified atom stereocenters. The molecule has 1 aliphatic heterocycles. The molecule has 14 heavy (non-hydrogen) atoms. The Kier molecular flexibility index (Phi) is 3.96. The van der Waals surface area contributed by atoms with Gasteiger partial charge in [0.2, 0.25) is 0 Å². The highest BCUT2D eigenvalue weighted by atomic mass is 15.2. The van der Waals surface area contributed by atoms with Crippen molar-refractivity contribution in [2.24, 2.45) is 5.92 Å². The lowest BCUT2D eigenvalue weighted by molar-refractivity contribution is 0.0881. The van der Waals surface area contributed by atoms with Gasteiger partial charge in [-0.15, -0.1) is 0 Å². The minimum Gasteiger partial charge on any atom is -0.309 e. The van der Waals surface area contributed by atoms with E-state index in [2.05, 4.69) is 44.8 Å². The fourth-order valence-electron chi connectivity index (χ4n) is 2.36. The first-order valence-corrected chi connectivity index (χ1v) is 5.93. The van der Waals surface area contributed by atoms with Crippen LogP contribution in [0.4, 0.5) is 0 Å². The van der Waals surface area contributed by atoms with Gasteiger partial charge in [-0.1, -0.05) is 20.8 Å². The number of hydrogen-bond donors (Lipinski definition) is 1. The summed E-state index contributed by atoms with van der Waals surface area (Å²) in [5.41, 5.74) is 0.295. The number of piperazine rings is 1. The molecule has 1 N–H and O–H groups in total. The van der Waals surface area contributed by atoms with Gasteiger partial charge in [-0.05, 0) is 32.7 Å². The van der Waals surface area contributed by atoms with Crippen LogP contribution in [0.1, 0.15) is 41.0 Å². The topological polar surface area (TPSA) is 15.3 Å². The number of likely N-dealkylation sites (N-methyl/N-ethyl adjacent to an activating group) is 1. The Hall–Kier alpha value is -0.0800. The molecule has 0 aromatic carbocycles. The van der Waals surface area contributed by atoms with E-state index in [9.17, 15) is 0 Å². The number of nitrogens with one attached hydrogen (secondary N) is 1. The van der Waals surface area contributed by atoms with E-state index < -0.39 is 0 Å². The zero-order valence-corrected chi connectivity index (χ0v) is 10.4. The lowest BCUT2D eigenvalue weighted by Crippen LogP contribution is -2.61. The second-order valence-corrected chi connectivity index (χ2v) is 5.61. The second-order valence-electron chi connectivity index (χ2n) is 5.61. The van der Waals surface area contributed by atoms with E-state index in [1.54, 1.807) is 0 Å². The summed E-state index contributed by atoms with van der Waals surface area (Å²) in [5, 5.41) is 3.64. The first-order valence-electron chi connectivity index (χ1n) is 5.93. The first kappa shape index (κ1) is 12.0. The molecule has 0 aromatic heterocycles. The summed E-state index contributed by atoms with van der Waals surface area (Å²) in [7, 11) is 0. The molecule has 1 rings (SSSR count). The summed E-state index contributed by atoms with van der Waals surface area (Å²) >= 11 is 0. The van der Waals surface area contributed by atoms with Crippen molar-refractivity contribution in [3.8, 4) is 0 Å². The lowest BCUT2D eigenvalue weighted by atomic mass is 9.94. The predicted molar refractivity (Wildman–Crippen MR) is 62.6 cm³/mol. The maximum atomic E-state index is 3.64. The van der Waals surface area contributed by atoms with E-state index >= 15 is 0 Å². The van der Waals surface area contributed by atoms with Gasteiger partial charge in [0.25, 0.3) is 0 Å². The highest BCUT2D eigenvalue weighted by Crippen LogP contribution is 2.19. The molecule has 0 radical (unpaired) electrons. The molecule has 1 saturated heterocycles. The van der Waals surface area contributed by atoms with Crippen LogP contribution in [-0.4, -0.2) is 36.1 Å². The Labute approximate surface area is 89.1 Å². The third-order valence-corrected chi connectivity index (χ3v) is 3.08. The molecular weight excluding hydrogens is 172 g/mol. The Morgan fingerprint density at radius 1 is 1.43 bits per heavy atom. The monoisotopic (exact) mass is 198 g/mol. The number of nitrogens with zero attached hydrogens (tertiary/aromatic N) is 1. The molecule has 1 fully saturated rings. The first-order chi connectivity index (χ1) is 6.44. The average molecular weight is 198 g/mol. The van der Waals surface area contributed by atoms with Crippen LogP contribution in [0.2, 0.25) is 0 Å². The van der Waals surface area contributed by atoms with Crippen molar-refractivity contribution in [2.75, 3.05) is 19.6 Å². The summed E-state index contributed by atoms with van der Waals surface area (Å²) < 4.78 is 0. The minimum atomic E-state index is 0.295. The van der Waals surface area contributed by atoms with Gasteiger partial charge in [0.1, 0.15) is 0 Å². The van der Waals surface area contributed by atoms with Crippen LogP contribution >= 0.6 is 0 Å². The normalized spacial score (nSPS) is 28.3. The predicted octanol–water partition coefficient (Wildman–Crippen LogP) is 2.10. The van der Waals surface area contributed by atoms with E-state index in [0.717, 1.165) is 18.5 Å². The molecular formula is C12H26N2. The van der Waals surface area contributed by atoms with E-state index in [1.165, 1.54) is 19.5 Å². The Morgan fingerprint density at radius 2 is 2.07 bits per heavy atom. The van der Waals surface area contributed by atoms with Crippen LogP contribution in [0.5, 0.6) is 0 Å². The SMILES string of the molecule is CCN1CC(C)(C)NCC1CC(C)C. The number of hydrogen-bond acceptors (Lipinski definition) is 2. The molecule has 84 valence electrons. The van der Waals surface area contributed by atoms with Crippen molar-refractivity contribution < 1.29 is 0 Å². The van der Waals surface area contributed by atoms with Crippen LogP contribution in [0.25, 0.3) is 0 Å². The van der Waals surface area contributed by atoms with Gasteiger partial charge in [0.05, 0.1) is 0 Å². The highest BCUT2D eigenvalue weighted by molar-refractivity contribution is 4.91. The third kappa shape index (κ3) is 3.25. The van der Waals surface area contributed by atoms with Gasteiger partial charge < -0.3 is 5.32 Å². The summed E-state index contributed by atoms with van der Waals surface area (Å²) in [6.45, 7) is 15.0. The summed E-state index contributed by atoms with van der Waals surface area (Å²) in [4.78, 5) is 2.62. The van der Waals surface area contributed by atoms with E-state index in [1.807, 2.05) is 0 Å². The molecule has 2 heteroatoms. The van der Waals surface area contributed by atoms with Gasteiger partial charge in [0.15, 0.2) is 0 Å². The van der Waals surface area contributed by atoms with E-state index in [-0.39, 0.29) is 0 Å². The van der Waals surface area contributed by atoms with Crippen LogP contribution in [-0.2, 0) is 0 Å². The molecule has 1 aliphatic rings. The summed E-state index contributed by atoms with van der Waals surface area (Å²) in [6, 6.07) is 0.744. The van der Waals surface area contributed by atoms with Gasteiger partial charge in [0, 0.05) is 24.7 Å². The van der Waals surface area contributed by atoms with Crippen LogP contribution in [0, 0.1) is 5.92 Å². The van der Waals surface area contributed by atoms with Crippen molar-refractivity contribution in [3.05, 3.63) is 0 Å². The fraction of sp³-hybridized carbons (Fsp3) is 1.00. The van der Waals surface area contributed by atoms with Crippen molar-refractivity contribution in [1.29, 1.82) is 0 Å². The van der Waals surface area contributed by atoms with Gasteiger partial charge in [-0.3, -0.25) is 4.90 Å². The summed E-state index contributed by atoms with van der Waals surface area (Å²) in [6.07, 6.45) is 1.32. The highest BCUT2D eigenvalue weighted by Gasteiger charge is 2.31. The zero-order chi connectivity index (χ0) is 10.8. The molecule has 0 saturated carbocycles. The molecule has 0 bridgehead atoms. The van der Waals surface area contributed by atoms with Crippen molar-refractivity contribution in [2.45, 2.75) is 52.6 Å². The average Bonchev–Trinajstić information content (AvgIpc) is 2.07. The molecule has 0 amide bonds. The van der Waals surface area contributed by atoms with Gasteiger partial charge >= 0.3 is 0 Å². The van der Waals surface area contributed by atoms with Crippen LogP contribution in [0.3, 0.4) is 0 Å². The summed E-state index contributed by atoms with van der Waals surface area (Å²) in [5.74, 6) is 0.803. The van der Waals surface area contributed by atoms with Crippen LogP contribution < -0.4 is 5.32 Å². The smallest absolute Gasteiger partial charge is 0.0252 e. The molecule has 0 aromatic rings. The van der Waals surface area contributed by atoms with E-state index in [0.29, 0.717) is 5.54 Å². The molecule has 2 nitrogen and oxygen atoms in total. The lowest BCUT2D eigenvalue weighted by Gasteiger charge is -2.44. The van der Waals surface area contributed by atoms with Crippen molar-refractivity contribution >= 4 is 0 Å².